The molecule has 2 nitrogen and oxygen atoms in total. The summed E-state index contributed by atoms with van der Waals surface area (Å²) < 4.78 is 0. The molecule has 22 heavy (non-hydrogen) atoms. The Hall–Kier alpha value is -1.93. The van der Waals surface area contributed by atoms with Crippen LogP contribution < -0.4 is 0 Å². The van der Waals surface area contributed by atoms with Gasteiger partial charge in [-0.15, -0.1) is 0 Å². The van der Waals surface area contributed by atoms with Crippen LogP contribution in [-0.4, -0.2) is 23.8 Å². The molecule has 2 aromatic carbocycles. The molecule has 2 aromatic rings. The number of likely N-dealkylation sites (tertiary alicyclic amines) is 1. The number of benzene rings is 2. The highest BCUT2D eigenvalue weighted by atomic mass is 16.1. The highest BCUT2D eigenvalue weighted by Gasteiger charge is 2.26. The van der Waals surface area contributed by atoms with Gasteiger partial charge in [-0.25, -0.2) is 0 Å². The molecule has 0 unspecified atom stereocenters. The number of nitrogens with zero attached hydrogens (tertiary/aromatic N) is 1. The Morgan fingerprint density at radius 2 is 1.73 bits per heavy atom. The summed E-state index contributed by atoms with van der Waals surface area (Å²) >= 11 is 0. The first-order valence-electron chi connectivity index (χ1n) is 8.05. The molecule has 0 aromatic heterocycles. The van der Waals surface area contributed by atoms with Crippen LogP contribution in [-0.2, 0) is 17.8 Å². The molecule has 0 saturated carbocycles. The molecule has 0 aliphatic carbocycles. The van der Waals surface area contributed by atoms with Gasteiger partial charge in [0.05, 0.1) is 6.54 Å². The molecule has 1 aliphatic heterocycles. The van der Waals surface area contributed by atoms with Crippen molar-refractivity contribution in [1.29, 1.82) is 0 Å². The second-order valence-electron chi connectivity index (χ2n) is 6.34. The topological polar surface area (TPSA) is 20.3 Å². The van der Waals surface area contributed by atoms with Crippen LogP contribution in [0.15, 0.2) is 54.6 Å². The third kappa shape index (κ3) is 3.83. The van der Waals surface area contributed by atoms with E-state index in [-0.39, 0.29) is 5.92 Å². The molecule has 1 atom stereocenters. The number of piperidine rings is 1. The van der Waals surface area contributed by atoms with Gasteiger partial charge in [0.1, 0.15) is 5.78 Å². The average molecular weight is 293 g/mol. The van der Waals surface area contributed by atoms with Gasteiger partial charge >= 0.3 is 0 Å². The minimum atomic E-state index is 0.190. The zero-order valence-electron chi connectivity index (χ0n) is 13.2. The van der Waals surface area contributed by atoms with Gasteiger partial charge in [-0.3, -0.25) is 9.69 Å². The van der Waals surface area contributed by atoms with E-state index in [0.29, 0.717) is 12.3 Å². The number of Topliss-reactive ketones (excluding diaryl/α,β-unsaturated/α-hetero) is 1. The van der Waals surface area contributed by atoms with E-state index < -0.39 is 0 Å². The van der Waals surface area contributed by atoms with Crippen molar-refractivity contribution < 1.29 is 4.79 Å². The van der Waals surface area contributed by atoms with E-state index in [1.807, 2.05) is 6.07 Å². The predicted molar refractivity (Wildman–Crippen MR) is 89.7 cm³/mol. The smallest absolute Gasteiger partial charge is 0.150 e. The highest BCUT2D eigenvalue weighted by Crippen LogP contribution is 2.20. The Bertz CT molecular complexity index is 618. The molecule has 0 radical (unpaired) electrons. The summed E-state index contributed by atoms with van der Waals surface area (Å²) in [5, 5.41) is 0. The minimum absolute atomic E-state index is 0.190. The summed E-state index contributed by atoms with van der Waals surface area (Å²) in [7, 11) is 0. The van der Waals surface area contributed by atoms with Gasteiger partial charge in [0.15, 0.2) is 0 Å². The second kappa shape index (κ2) is 6.89. The zero-order valence-corrected chi connectivity index (χ0v) is 13.2. The molecule has 2 heteroatoms. The third-order valence-electron chi connectivity index (χ3n) is 4.48. The van der Waals surface area contributed by atoms with Gasteiger partial charge in [0, 0.05) is 12.5 Å². The molecular weight excluding hydrogens is 270 g/mol. The summed E-state index contributed by atoms with van der Waals surface area (Å²) in [6.07, 6.45) is 1.86. The lowest BCUT2D eigenvalue weighted by atomic mass is 9.88. The van der Waals surface area contributed by atoms with Crippen LogP contribution in [0.5, 0.6) is 0 Å². The molecular formula is C20H23NO. The van der Waals surface area contributed by atoms with Crippen molar-refractivity contribution in [3.05, 3.63) is 71.3 Å². The predicted octanol–water partition coefficient (Wildman–Crippen LogP) is 3.63. The van der Waals surface area contributed by atoms with Crippen LogP contribution in [0, 0.1) is 12.8 Å². The van der Waals surface area contributed by atoms with Crippen LogP contribution in [0.25, 0.3) is 0 Å². The lowest BCUT2D eigenvalue weighted by Gasteiger charge is -2.31. The van der Waals surface area contributed by atoms with E-state index >= 15 is 0 Å². The first-order valence-corrected chi connectivity index (χ1v) is 8.05. The Kier molecular flexibility index (Phi) is 4.69. The van der Waals surface area contributed by atoms with Crippen molar-refractivity contribution in [2.75, 3.05) is 13.1 Å². The highest BCUT2D eigenvalue weighted by molar-refractivity contribution is 5.84. The average Bonchev–Trinajstić information content (AvgIpc) is 2.53. The maximum Gasteiger partial charge on any atom is 0.150 e. The fourth-order valence-electron chi connectivity index (χ4n) is 3.13. The van der Waals surface area contributed by atoms with Crippen molar-refractivity contribution >= 4 is 5.78 Å². The number of carbonyl (C=O) groups is 1. The lowest BCUT2D eigenvalue weighted by Crippen LogP contribution is -2.41. The fourth-order valence-corrected chi connectivity index (χ4v) is 3.13. The summed E-state index contributed by atoms with van der Waals surface area (Å²) in [5.41, 5.74) is 3.83. The van der Waals surface area contributed by atoms with Crippen molar-refractivity contribution in [3.8, 4) is 0 Å². The number of hydrogen-bond donors (Lipinski definition) is 0. The lowest BCUT2D eigenvalue weighted by molar-refractivity contribution is -0.126. The van der Waals surface area contributed by atoms with Crippen molar-refractivity contribution in [3.63, 3.8) is 0 Å². The monoisotopic (exact) mass is 293 g/mol. The van der Waals surface area contributed by atoms with Gasteiger partial charge in [0.2, 0.25) is 0 Å². The van der Waals surface area contributed by atoms with Crippen LogP contribution in [0.1, 0.15) is 23.1 Å². The van der Waals surface area contributed by atoms with Crippen molar-refractivity contribution in [2.24, 2.45) is 5.92 Å². The number of aryl methyl sites for hydroxylation is 1. The van der Waals surface area contributed by atoms with Crippen molar-refractivity contribution in [1.82, 2.24) is 4.90 Å². The van der Waals surface area contributed by atoms with E-state index in [4.69, 9.17) is 0 Å². The first kappa shape index (κ1) is 15.0. The standard InChI is InChI=1S/C20H23NO/c1-16-7-9-17(10-8-16)13-19-11-12-21(15-20(19)22)14-18-5-3-2-4-6-18/h2-10,19H,11-15H2,1H3/t19-/m0/s1. The summed E-state index contributed by atoms with van der Waals surface area (Å²) in [6, 6.07) is 19.0. The fraction of sp³-hybridized carbons (Fsp3) is 0.350. The van der Waals surface area contributed by atoms with E-state index in [2.05, 4.69) is 60.4 Å². The largest absolute Gasteiger partial charge is 0.298 e. The third-order valence-corrected chi connectivity index (χ3v) is 4.48. The quantitative estimate of drug-likeness (QED) is 0.858. The molecule has 0 bridgehead atoms. The van der Waals surface area contributed by atoms with Crippen LogP contribution in [0.3, 0.4) is 0 Å². The Morgan fingerprint density at radius 3 is 2.41 bits per heavy atom. The molecule has 3 rings (SSSR count). The first-order chi connectivity index (χ1) is 10.7. The molecule has 0 amide bonds. The summed E-state index contributed by atoms with van der Waals surface area (Å²) in [6.45, 7) is 4.57. The number of ketones is 1. The van der Waals surface area contributed by atoms with E-state index in [1.54, 1.807) is 0 Å². The maximum absolute atomic E-state index is 12.4. The molecule has 1 saturated heterocycles. The summed E-state index contributed by atoms with van der Waals surface area (Å²) in [5.74, 6) is 0.581. The van der Waals surface area contributed by atoms with E-state index in [9.17, 15) is 4.79 Å². The number of carbonyl (C=O) groups excluding carboxylic acids is 1. The zero-order chi connectivity index (χ0) is 15.4. The van der Waals surface area contributed by atoms with Gasteiger partial charge in [-0.05, 0) is 37.4 Å². The Labute approximate surface area is 132 Å². The maximum atomic E-state index is 12.4. The molecule has 0 spiro atoms. The molecule has 1 heterocycles. The molecule has 0 N–H and O–H groups in total. The normalized spacial score (nSPS) is 19.3. The van der Waals surface area contributed by atoms with Crippen LogP contribution >= 0.6 is 0 Å². The van der Waals surface area contributed by atoms with Crippen LogP contribution in [0.4, 0.5) is 0 Å². The van der Waals surface area contributed by atoms with Gasteiger partial charge in [0.25, 0.3) is 0 Å². The number of rotatable bonds is 4. The van der Waals surface area contributed by atoms with Gasteiger partial charge in [-0.2, -0.15) is 0 Å². The molecule has 1 fully saturated rings. The Morgan fingerprint density at radius 1 is 1.00 bits per heavy atom. The van der Waals surface area contributed by atoms with E-state index in [1.165, 1.54) is 16.7 Å². The van der Waals surface area contributed by atoms with Crippen molar-refractivity contribution in [2.45, 2.75) is 26.3 Å². The van der Waals surface area contributed by atoms with Crippen LogP contribution in [0.2, 0.25) is 0 Å². The molecule has 114 valence electrons. The minimum Gasteiger partial charge on any atom is -0.298 e. The SMILES string of the molecule is Cc1ccc(C[C@@H]2CCN(Cc3ccccc3)CC2=O)cc1. The second-order valence-corrected chi connectivity index (χ2v) is 6.34. The summed E-state index contributed by atoms with van der Waals surface area (Å²) in [4.78, 5) is 14.7. The number of hydrogen-bond acceptors (Lipinski definition) is 2. The molecule has 1 aliphatic rings. The van der Waals surface area contributed by atoms with Gasteiger partial charge < -0.3 is 0 Å². The van der Waals surface area contributed by atoms with Gasteiger partial charge in [-0.1, -0.05) is 60.2 Å². The Balaban J connectivity index is 1.56. The van der Waals surface area contributed by atoms with E-state index in [0.717, 1.165) is 25.9 Å².